The fourth-order valence-electron chi connectivity index (χ4n) is 2.75. The maximum Gasteiger partial charge on any atom is 0.418 e. The minimum absolute atomic E-state index is 0.162. The number of rotatable bonds is 3. The molecular weight excluding hydrogens is 375 g/mol. The van der Waals surface area contributed by atoms with Gasteiger partial charge in [-0.05, 0) is 26.0 Å². The number of hydrogen-bond donors (Lipinski definition) is 1. The molecule has 7 nitrogen and oxygen atoms in total. The van der Waals surface area contributed by atoms with Gasteiger partial charge in [0, 0.05) is 24.9 Å². The predicted octanol–water partition coefficient (Wildman–Crippen LogP) is 2.85. The largest absolute Gasteiger partial charge is 0.418 e. The Labute approximate surface area is 157 Å². The fraction of sp³-hybridized carbons (Fsp3) is 0.222. The van der Waals surface area contributed by atoms with Crippen molar-refractivity contribution in [2.24, 2.45) is 7.05 Å². The van der Waals surface area contributed by atoms with Crippen LogP contribution in [0.15, 0.2) is 41.2 Å². The Morgan fingerprint density at radius 2 is 1.79 bits per heavy atom. The standard InChI is InChI=1S/C18H16F3N5O2/c1-10-8-15(25(3)23-10)22-17(28)16-14(27)9-11(2)26(24-16)13-7-5-4-6-12(13)18(19,20)21/h4-9H,1-3H3,(H,22,28). The van der Waals surface area contributed by atoms with Crippen molar-refractivity contribution in [3.05, 3.63) is 69.3 Å². The van der Waals surface area contributed by atoms with E-state index in [9.17, 15) is 22.8 Å². The zero-order chi connectivity index (χ0) is 20.6. The SMILES string of the molecule is Cc1cc(NC(=O)c2nn(-c3ccccc3C(F)(F)F)c(C)cc2=O)n(C)n1. The van der Waals surface area contributed by atoms with Crippen molar-refractivity contribution in [3.8, 4) is 5.69 Å². The van der Waals surface area contributed by atoms with Gasteiger partial charge in [-0.25, -0.2) is 4.68 Å². The molecule has 2 aromatic heterocycles. The Morgan fingerprint density at radius 3 is 2.39 bits per heavy atom. The van der Waals surface area contributed by atoms with Crippen molar-refractivity contribution in [1.82, 2.24) is 19.6 Å². The molecule has 0 aliphatic heterocycles. The molecule has 1 amide bonds. The molecule has 1 N–H and O–H groups in total. The van der Waals surface area contributed by atoms with Crippen molar-refractivity contribution in [3.63, 3.8) is 0 Å². The molecule has 3 rings (SSSR count). The molecular formula is C18H16F3N5O2. The highest BCUT2D eigenvalue weighted by molar-refractivity contribution is 6.02. The van der Waals surface area contributed by atoms with E-state index in [0.717, 1.165) is 16.8 Å². The Morgan fingerprint density at radius 1 is 1.11 bits per heavy atom. The highest BCUT2D eigenvalue weighted by Gasteiger charge is 2.34. The Bertz CT molecular complexity index is 1120. The van der Waals surface area contributed by atoms with E-state index in [1.54, 1.807) is 20.0 Å². The van der Waals surface area contributed by atoms with Crippen LogP contribution in [0.5, 0.6) is 0 Å². The van der Waals surface area contributed by atoms with E-state index in [2.05, 4.69) is 15.5 Å². The van der Waals surface area contributed by atoms with Crippen molar-refractivity contribution in [2.75, 3.05) is 5.32 Å². The normalized spacial score (nSPS) is 11.5. The second-order valence-corrected chi connectivity index (χ2v) is 6.17. The van der Waals surface area contributed by atoms with Gasteiger partial charge in [-0.15, -0.1) is 0 Å². The third-order valence-corrected chi connectivity index (χ3v) is 4.00. The minimum atomic E-state index is -4.62. The van der Waals surface area contributed by atoms with E-state index >= 15 is 0 Å². The van der Waals surface area contributed by atoms with Gasteiger partial charge in [0.1, 0.15) is 5.82 Å². The summed E-state index contributed by atoms with van der Waals surface area (Å²) in [6.07, 6.45) is -4.62. The van der Waals surface area contributed by atoms with E-state index in [4.69, 9.17) is 0 Å². The summed E-state index contributed by atoms with van der Waals surface area (Å²) in [5.74, 6) is -0.516. The summed E-state index contributed by atoms with van der Waals surface area (Å²) in [4.78, 5) is 24.8. The molecule has 10 heteroatoms. The smallest absolute Gasteiger partial charge is 0.305 e. The van der Waals surface area contributed by atoms with Crippen molar-refractivity contribution >= 4 is 11.7 Å². The van der Waals surface area contributed by atoms with E-state index in [0.29, 0.717) is 11.5 Å². The second-order valence-electron chi connectivity index (χ2n) is 6.17. The predicted molar refractivity (Wildman–Crippen MR) is 95.5 cm³/mol. The third-order valence-electron chi connectivity index (χ3n) is 4.00. The molecule has 3 aromatic rings. The fourth-order valence-corrected chi connectivity index (χ4v) is 2.75. The van der Waals surface area contributed by atoms with E-state index in [1.165, 1.54) is 29.8 Å². The minimum Gasteiger partial charge on any atom is -0.305 e. The van der Waals surface area contributed by atoms with Gasteiger partial charge in [0.25, 0.3) is 5.91 Å². The number of halogens is 3. The van der Waals surface area contributed by atoms with Crippen molar-refractivity contribution < 1.29 is 18.0 Å². The summed E-state index contributed by atoms with van der Waals surface area (Å²) >= 11 is 0. The van der Waals surface area contributed by atoms with Gasteiger partial charge in [0.15, 0.2) is 5.69 Å². The quantitative estimate of drug-likeness (QED) is 0.744. The zero-order valence-electron chi connectivity index (χ0n) is 15.2. The molecule has 1 aromatic carbocycles. The molecule has 0 fully saturated rings. The number of hydrogen-bond acceptors (Lipinski definition) is 4. The lowest BCUT2D eigenvalue weighted by Gasteiger charge is -2.16. The van der Waals surface area contributed by atoms with Gasteiger partial charge in [-0.3, -0.25) is 14.3 Å². The maximum absolute atomic E-state index is 13.3. The summed E-state index contributed by atoms with van der Waals surface area (Å²) in [6, 6.07) is 7.46. The molecule has 0 spiro atoms. The third kappa shape index (κ3) is 3.66. The van der Waals surface area contributed by atoms with Crippen LogP contribution in [0.25, 0.3) is 5.69 Å². The van der Waals surface area contributed by atoms with Crippen LogP contribution in [-0.4, -0.2) is 25.5 Å². The first-order valence-corrected chi connectivity index (χ1v) is 8.17. The molecule has 0 aliphatic carbocycles. The van der Waals surface area contributed by atoms with Crippen LogP contribution in [0.1, 0.15) is 27.4 Å². The van der Waals surface area contributed by atoms with Crippen LogP contribution in [0.3, 0.4) is 0 Å². The Hall–Kier alpha value is -3.43. The van der Waals surface area contributed by atoms with Gasteiger partial charge >= 0.3 is 6.18 Å². The molecule has 146 valence electrons. The van der Waals surface area contributed by atoms with Crippen LogP contribution >= 0.6 is 0 Å². The lowest BCUT2D eigenvalue weighted by Crippen LogP contribution is -2.28. The van der Waals surface area contributed by atoms with Gasteiger partial charge < -0.3 is 5.32 Å². The molecule has 2 heterocycles. The first-order valence-electron chi connectivity index (χ1n) is 8.17. The number of anilines is 1. The summed E-state index contributed by atoms with van der Waals surface area (Å²) in [7, 11) is 1.60. The number of alkyl halides is 3. The zero-order valence-corrected chi connectivity index (χ0v) is 15.2. The summed E-state index contributed by atoms with van der Waals surface area (Å²) in [6.45, 7) is 3.16. The Balaban J connectivity index is 2.09. The van der Waals surface area contributed by atoms with Gasteiger partial charge in [-0.2, -0.15) is 23.4 Å². The van der Waals surface area contributed by atoms with Crippen LogP contribution < -0.4 is 10.7 Å². The molecule has 0 saturated heterocycles. The van der Waals surface area contributed by atoms with Crippen LogP contribution in [-0.2, 0) is 13.2 Å². The molecule has 0 saturated carbocycles. The molecule has 0 bridgehead atoms. The highest BCUT2D eigenvalue weighted by Crippen LogP contribution is 2.33. The second kappa shape index (κ2) is 6.95. The number of aryl methyl sites for hydroxylation is 3. The van der Waals surface area contributed by atoms with Gasteiger partial charge in [-0.1, -0.05) is 12.1 Å². The summed E-state index contributed by atoms with van der Waals surface area (Å²) < 4.78 is 42.4. The monoisotopic (exact) mass is 391 g/mol. The topological polar surface area (TPSA) is 81.8 Å². The van der Waals surface area contributed by atoms with Crippen molar-refractivity contribution in [2.45, 2.75) is 20.0 Å². The number of amides is 1. The molecule has 0 unspecified atom stereocenters. The Kier molecular flexibility index (Phi) is 4.80. The van der Waals surface area contributed by atoms with Gasteiger partial charge in [0.05, 0.1) is 16.9 Å². The highest BCUT2D eigenvalue weighted by atomic mass is 19.4. The molecule has 0 radical (unpaired) electrons. The number of aromatic nitrogens is 4. The average Bonchev–Trinajstić information content (AvgIpc) is 2.91. The van der Waals surface area contributed by atoms with Crippen LogP contribution in [0.2, 0.25) is 0 Å². The number of benzene rings is 1. The number of carbonyl (C=O) groups is 1. The number of carbonyl (C=O) groups excluding carboxylic acids is 1. The first kappa shape index (κ1) is 19.3. The van der Waals surface area contributed by atoms with E-state index < -0.39 is 28.8 Å². The molecule has 0 aliphatic rings. The van der Waals surface area contributed by atoms with Crippen molar-refractivity contribution in [1.29, 1.82) is 0 Å². The summed E-state index contributed by atoms with van der Waals surface area (Å²) in [5, 5.41) is 10.5. The maximum atomic E-state index is 13.3. The van der Waals surface area contributed by atoms with Gasteiger partial charge in [0.2, 0.25) is 5.43 Å². The lowest BCUT2D eigenvalue weighted by atomic mass is 10.1. The molecule has 0 atom stereocenters. The van der Waals surface area contributed by atoms with Crippen LogP contribution in [0.4, 0.5) is 19.0 Å². The lowest BCUT2D eigenvalue weighted by molar-refractivity contribution is -0.137. The number of nitrogens with zero attached hydrogens (tertiary/aromatic N) is 4. The first-order chi connectivity index (χ1) is 13.1. The average molecular weight is 391 g/mol. The number of nitrogens with one attached hydrogen (secondary N) is 1. The van der Waals surface area contributed by atoms with E-state index in [-0.39, 0.29) is 11.4 Å². The van der Waals surface area contributed by atoms with E-state index in [1.807, 2.05) is 0 Å². The summed E-state index contributed by atoms with van der Waals surface area (Å²) in [5.41, 5.74) is -1.63. The number of para-hydroxylation sites is 1. The van der Waals surface area contributed by atoms with Crippen LogP contribution in [0, 0.1) is 13.8 Å². The molecule has 28 heavy (non-hydrogen) atoms.